The maximum Gasteiger partial charge on any atom is 0.288 e. The Morgan fingerprint density at radius 2 is 2.11 bits per heavy atom. The van der Waals surface area contributed by atoms with Crippen molar-refractivity contribution in [1.82, 2.24) is 9.55 Å². The van der Waals surface area contributed by atoms with Crippen molar-refractivity contribution in [1.29, 1.82) is 0 Å². The van der Waals surface area contributed by atoms with Gasteiger partial charge < -0.3 is 4.57 Å². The van der Waals surface area contributed by atoms with Gasteiger partial charge >= 0.3 is 0 Å². The molecule has 0 fully saturated rings. The number of rotatable bonds is 3. The van der Waals surface area contributed by atoms with Crippen molar-refractivity contribution in [3.05, 3.63) is 66.8 Å². The van der Waals surface area contributed by atoms with Gasteiger partial charge in [0.05, 0.1) is 11.5 Å². The molecular weight excluding hydrogens is 293 g/mol. The van der Waals surface area contributed by atoms with Crippen LogP contribution in [0.25, 0.3) is 0 Å². The number of aromatic nitrogens is 2. The molecule has 0 aliphatic carbocycles. The number of nitro groups is 1. The smallest absolute Gasteiger partial charge is 0.288 e. The summed E-state index contributed by atoms with van der Waals surface area (Å²) in [5.41, 5.74) is -0.292. The third-order valence-corrected chi connectivity index (χ3v) is 2.95. The first-order valence-electron chi connectivity index (χ1n) is 5.13. The van der Waals surface area contributed by atoms with E-state index in [1.54, 1.807) is 0 Å². The molecule has 0 atom stereocenters. The van der Waals surface area contributed by atoms with Gasteiger partial charge in [0.2, 0.25) is 0 Å². The van der Waals surface area contributed by atoms with Crippen LogP contribution in [0.3, 0.4) is 0 Å². The predicted octanol–water partition coefficient (Wildman–Crippen LogP) is 2.51. The number of nitro benzene ring substituents is 1. The third-order valence-electron chi connectivity index (χ3n) is 2.46. The van der Waals surface area contributed by atoms with Crippen LogP contribution in [0.15, 0.2) is 35.4 Å². The lowest BCUT2D eigenvalue weighted by Gasteiger charge is -2.06. The van der Waals surface area contributed by atoms with Gasteiger partial charge in [0.25, 0.3) is 11.2 Å². The highest BCUT2D eigenvalue weighted by Crippen LogP contribution is 2.23. The van der Waals surface area contributed by atoms with E-state index in [9.17, 15) is 14.9 Å². The molecule has 98 valence electrons. The average Bonchev–Trinajstić information content (AvgIpc) is 2.36. The van der Waals surface area contributed by atoms with Gasteiger partial charge in [0.15, 0.2) is 5.15 Å². The monoisotopic (exact) mass is 299 g/mol. The summed E-state index contributed by atoms with van der Waals surface area (Å²) in [7, 11) is 0. The molecule has 0 aliphatic heterocycles. The topological polar surface area (TPSA) is 78.0 Å². The second-order valence-electron chi connectivity index (χ2n) is 3.68. The molecule has 0 N–H and O–H groups in total. The van der Waals surface area contributed by atoms with E-state index in [0.717, 1.165) is 0 Å². The van der Waals surface area contributed by atoms with Crippen LogP contribution < -0.4 is 5.56 Å². The average molecular weight is 300 g/mol. The van der Waals surface area contributed by atoms with Gasteiger partial charge in [-0.25, -0.2) is 4.98 Å². The molecular formula is C11H7Cl2N3O3. The fraction of sp³-hybridized carbons (Fsp3) is 0.0909. The molecule has 0 saturated carbocycles. The standard InChI is InChI=1S/C11H7Cl2N3O3/c12-8-2-1-7(9(5-8)16(18)19)6-15-4-3-14-10(13)11(15)17/h1-5H,6H2. The molecule has 1 heterocycles. The van der Waals surface area contributed by atoms with Gasteiger partial charge in [-0.15, -0.1) is 0 Å². The zero-order chi connectivity index (χ0) is 14.0. The second kappa shape index (κ2) is 5.38. The fourth-order valence-electron chi connectivity index (χ4n) is 1.57. The van der Waals surface area contributed by atoms with Crippen molar-refractivity contribution in [3.63, 3.8) is 0 Å². The summed E-state index contributed by atoms with van der Waals surface area (Å²) < 4.78 is 1.24. The zero-order valence-corrected chi connectivity index (χ0v) is 10.9. The van der Waals surface area contributed by atoms with Crippen molar-refractivity contribution < 1.29 is 4.92 Å². The molecule has 8 heteroatoms. The summed E-state index contributed by atoms with van der Waals surface area (Å²) in [5, 5.41) is 11.0. The fourth-order valence-corrected chi connectivity index (χ4v) is 1.90. The van der Waals surface area contributed by atoms with Gasteiger partial charge in [-0.05, 0) is 12.1 Å². The Bertz CT molecular complexity index is 700. The van der Waals surface area contributed by atoms with Crippen LogP contribution in [0.5, 0.6) is 0 Å². The molecule has 2 aromatic rings. The van der Waals surface area contributed by atoms with Gasteiger partial charge in [-0.3, -0.25) is 14.9 Å². The van der Waals surface area contributed by atoms with Gasteiger partial charge in [0.1, 0.15) is 0 Å². The maximum absolute atomic E-state index is 11.7. The lowest BCUT2D eigenvalue weighted by Crippen LogP contribution is -2.21. The Morgan fingerprint density at radius 1 is 1.37 bits per heavy atom. The summed E-state index contributed by atoms with van der Waals surface area (Å²) in [4.78, 5) is 25.7. The predicted molar refractivity (Wildman–Crippen MR) is 70.7 cm³/mol. The Kier molecular flexibility index (Phi) is 3.82. The number of hydrogen-bond donors (Lipinski definition) is 0. The quantitative estimate of drug-likeness (QED) is 0.644. The lowest BCUT2D eigenvalue weighted by atomic mass is 10.2. The molecule has 0 spiro atoms. The minimum atomic E-state index is -0.547. The van der Waals surface area contributed by atoms with E-state index in [-0.39, 0.29) is 22.4 Å². The summed E-state index contributed by atoms with van der Waals surface area (Å²) in [5.74, 6) is 0. The van der Waals surface area contributed by atoms with Crippen molar-refractivity contribution in [2.75, 3.05) is 0 Å². The Hall–Kier alpha value is -1.92. The van der Waals surface area contributed by atoms with Crippen LogP contribution in [0.2, 0.25) is 10.2 Å². The Morgan fingerprint density at radius 3 is 2.79 bits per heavy atom. The maximum atomic E-state index is 11.7. The van der Waals surface area contributed by atoms with Gasteiger partial charge in [-0.1, -0.05) is 23.2 Å². The molecule has 6 nitrogen and oxygen atoms in total. The number of halogens is 2. The SMILES string of the molecule is O=c1c(Cl)nccn1Cc1ccc(Cl)cc1[N+](=O)[O-]. The molecule has 2 rings (SSSR count). The van der Waals surface area contributed by atoms with Crippen LogP contribution >= 0.6 is 23.2 Å². The van der Waals surface area contributed by atoms with E-state index in [0.29, 0.717) is 5.56 Å². The summed E-state index contributed by atoms with van der Waals surface area (Å²) in [6, 6.07) is 4.27. The lowest BCUT2D eigenvalue weighted by molar-refractivity contribution is -0.385. The molecule has 0 aliphatic rings. The Labute approximate surface area is 117 Å². The van der Waals surface area contributed by atoms with E-state index >= 15 is 0 Å². The van der Waals surface area contributed by atoms with Gasteiger partial charge in [0, 0.05) is 29.0 Å². The molecule has 0 saturated heterocycles. The van der Waals surface area contributed by atoms with E-state index in [1.165, 1.54) is 35.2 Å². The van der Waals surface area contributed by atoms with Gasteiger partial charge in [-0.2, -0.15) is 0 Å². The number of benzene rings is 1. The summed E-state index contributed by atoms with van der Waals surface area (Å²) >= 11 is 11.3. The molecule has 19 heavy (non-hydrogen) atoms. The highest BCUT2D eigenvalue weighted by Gasteiger charge is 2.15. The number of nitrogens with zero attached hydrogens (tertiary/aromatic N) is 3. The van der Waals surface area contributed by atoms with Crippen molar-refractivity contribution in [2.24, 2.45) is 0 Å². The minimum absolute atomic E-state index is 0.0224. The molecule has 1 aromatic carbocycles. The highest BCUT2D eigenvalue weighted by atomic mass is 35.5. The summed E-state index contributed by atoms with van der Waals surface area (Å²) in [6.07, 6.45) is 2.76. The van der Waals surface area contributed by atoms with Crippen LogP contribution in [0.1, 0.15) is 5.56 Å². The number of hydrogen-bond acceptors (Lipinski definition) is 4. The second-order valence-corrected chi connectivity index (χ2v) is 4.48. The van der Waals surface area contributed by atoms with Crippen molar-refractivity contribution >= 4 is 28.9 Å². The third kappa shape index (κ3) is 2.91. The van der Waals surface area contributed by atoms with E-state index < -0.39 is 10.5 Å². The zero-order valence-electron chi connectivity index (χ0n) is 9.42. The van der Waals surface area contributed by atoms with Crippen molar-refractivity contribution in [3.8, 4) is 0 Å². The minimum Gasteiger partial charge on any atom is -0.307 e. The van der Waals surface area contributed by atoms with Crippen LogP contribution in [0.4, 0.5) is 5.69 Å². The molecule has 0 unspecified atom stereocenters. The first-order valence-corrected chi connectivity index (χ1v) is 5.88. The normalized spacial score (nSPS) is 10.4. The largest absolute Gasteiger partial charge is 0.307 e. The van der Waals surface area contributed by atoms with Crippen LogP contribution in [0, 0.1) is 10.1 Å². The van der Waals surface area contributed by atoms with E-state index in [1.807, 2.05) is 0 Å². The highest BCUT2D eigenvalue weighted by molar-refractivity contribution is 6.30. The van der Waals surface area contributed by atoms with Crippen LogP contribution in [-0.2, 0) is 6.54 Å². The summed E-state index contributed by atoms with van der Waals surface area (Å²) in [6.45, 7) is 0.0224. The molecule has 0 bridgehead atoms. The van der Waals surface area contributed by atoms with Crippen molar-refractivity contribution in [2.45, 2.75) is 6.54 Å². The van der Waals surface area contributed by atoms with E-state index in [4.69, 9.17) is 23.2 Å². The van der Waals surface area contributed by atoms with Crippen LogP contribution in [-0.4, -0.2) is 14.5 Å². The first kappa shape index (κ1) is 13.5. The molecule has 0 radical (unpaired) electrons. The molecule has 0 amide bonds. The first-order chi connectivity index (χ1) is 8.99. The van der Waals surface area contributed by atoms with E-state index in [2.05, 4.69) is 4.98 Å². The Balaban J connectivity index is 2.47. The molecule has 1 aromatic heterocycles.